The van der Waals surface area contributed by atoms with Crippen LogP contribution < -0.4 is 5.73 Å². The number of carbonyl (C=O) groups is 1. The summed E-state index contributed by atoms with van der Waals surface area (Å²) in [5, 5.41) is 0. The number of rotatable bonds is 5. The summed E-state index contributed by atoms with van der Waals surface area (Å²) in [7, 11) is 0. The van der Waals surface area contributed by atoms with E-state index in [1.807, 2.05) is 4.90 Å². The van der Waals surface area contributed by atoms with Crippen LogP contribution in [0.5, 0.6) is 0 Å². The van der Waals surface area contributed by atoms with Crippen molar-refractivity contribution in [1.82, 2.24) is 9.80 Å². The summed E-state index contributed by atoms with van der Waals surface area (Å²) in [4.78, 5) is 17.0. The van der Waals surface area contributed by atoms with Gasteiger partial charge in [0.15, 0.2) is 0 Å². The van der Waals surface area contributed by atoms with E-state index in [2.05, 4.69) is 18.7 Å². The number of hydrogen-bond donors (Lipinski definition) is 1. The van der Waals surface area contributed by atoms with Crippen LogP contribution in [0.15, 0.2) is 0 Å². The number of nitrogens with two attached hydrogens (primary N) is 1. The Morgan fingerprint density at radius 1 is 1.17 bits per heavy atom. The SMILES string of the molecule is CC(C)OCCN1CCN(C(=O)C2CCCC(N)C2)CC1.Cl.Cl. The molecule has 1 heterocycles. The molecule has 2 rings (SSSR count). The van der Waals surface area contributed by atoms with E-state index in [0.29, 0.717) is 12.0 Å². The molecule has 0 aromatic carbocycles. The first-order valence-corrected chi connectivity index (χ1v) is 8.44. The lowest BCUT2D eigenvalue weighted by molar-refractivity contribution is -0.138. The third-order valence-corrected chi connectivity index (χ3v) is 4.61. The molecule has 1 aliphatic carbocycles. The first kappa shape index (κ1) is 22.9. The van der Waals surface area contributed by atoms with Gasteiger partial charge in [-0.1, -0.05) is 6.42 Å². The lowest BCUT2D eigenvalue weighted by Gasteiger charge is -2.37. The standard InChI is InChI=1S/C16H31N3O2.2ClH/c1-13(2)21-11-10-18-6-8-19(9-7-18)16(20)14-4-3-5-15(17)12-14;;/h13-15H,3-12,17H2,1-2H3;2*1H. The molecule has 2 atom stereocenters. The zero-order valence-corrected chi connectivity index (χ0v) is 16.0. The molecule has 1 saturated heterocycles. The number of hydrogen-bond acceptors (Lipinski definition) is 4. The minimum absolute atomic E-state index is 0. The zero-order chi connectivity index (χ0) is 15.2. The first-order valence-electron chi connectivity index (χ1n) is 8.44. The number of carbonyl (C=O) groups excluding carboxylic acids is 1. The average molecular weight is 370 g/mol. The van der Waals surface area contributed by atoms with E-state index in [4.69, 9.17) is 10.5 Å². The molecule has 1 saturated carbocycles. The van der Waals surface area contributed by atoms with Crippen molar-refractivity contribution in [3.63, 3.8) is 0 Å². The van der Waals surface area contributed by atoms with E-state index >= 15 is 0 Å². The van der Waals surface area contributed by atoms with Crippen molar-refractivity contribution >= 4 is 30.7 Å². The van der Waals surface area contributed by atoms with Crippen LogP contribution >= 0.6 is 24.8 Å². The van der Waals surface area contributed by atoms with Gasteiger partial charge in [0, 0.05) is 44.7 Å². The molecule has 0 radical (unpaired) electrons. The summed E-state index contributed by atoms with van der Waals surface area (Å²) >= 11 is 0. The molecule has 1 amide bonds. The van der Waals surface area contributed by atoms with Crippen LogP contribution in [0.1, 0.15) is 39.5 Å². The molecule has 23 heavy (non-hydrogen) atoms. The summed E-state index contributed by atoms with van der Waals surface area (Å²) in [5.74, 6) is 0.507. The Bertz CT molecular complexity index is 337. The predicted molar refractivity (Wildman–Crippen MR) is 98.5 cm³/mol. The lowest BCUT2D eigenvalue weighted by atomic mass is 9.85. The second kappa shape index (κ2) is 11.5. The van der Waals surface area contributed by atoms with Gasteiger partial charge >= 0.3 is 0 Å². The molecular formula is C16H33Cl2N3O2. The maximum atomic E-state index is 12.5. The molecule has 7 heteroatoms. The fourth-order valence-electron chi connectivity index (χ4n) is 3.32. The average Bonchev–Trinajstić information content (AvgIpc) is 2.47. The van der Waals surface area contributed by atoms with Crippen LogP contribution in [0.3, 0.4) is 0 Å². The van der Waals surface area contributed by atoms with Crippen molar-refractivity contribution < 1.29 is 9.53 Å². The van der Waals surface area contributed by atoms with E-state index < -0.39 is 0 Å². The van der Waals surface area contributed by atoms with Crippen molar-refractivity contribution in [2.75, 3.05) is 39.3 Å². The highest BCUT2D eigenvalue weighted by Crippen LogP contribution is 2.25. The monoisotopic (exact) mass is 369 g/mol. The van der Waals surface area contributed by atoms with Crippen LogP contribution in [0.25, 0.3) is 0 Å². The summed E-state index contributed by atoms with van der Waals surface area (Å²) in [6.07, 6.45) is 4.37. The number of halogens is 2. The van der Waals surface area contributed by atoms with Crippen molar-refractivity contribution in [2.45, 2.75) is 51.7 Å². The largest absolute Gasteiger partial charge is 0.377 e. The molecule has 0 bridgehead atoms. The third kappa shape index (κ3) is 7.57. The van der Waals surface area contributed by atoms with Crippen LogP contribution in [-0.2, 0) is 9.53 Å². The maximum absolute atomic E-state index is 12.5. The van der Waals surface area contributed by atoms with Crippen molar-refractivity contribution in [1.29, 1.82) is 0 Å². The molecular weight excluding hydrogens is 337 g/mol. The van der Waals surface area contributed by atoms with Gasteiger partial charge in [-0.25, -0.2) is 0 Å². The number of piperazine rings is 1. The topological polar surface area (TPSA) is 58.8 Å². The van der Waals surface area contributed by atoms with E-state index in [1.54, 1.807) is 0 Å². The lowest BCUT2D eigenvalue weighted by Crippen LogP contribution is -2.51. The van der Waals surface area contributed by atoms with Crippen LogP contribution in [0, 0.1) is 5.92 Å². The molecule has 2 unspecified atom stereocenters. The van der Waals surface area contributed by atoms with Crippen LogP contribution in [0.4, 0.5) is 0 Å². The highest BCUT2D eigenvalue weighted by Gasteiger charge is 2.30. The molecule has 2 N–H and O–H groups in total. The molecule has 0 spiro atoms. The summed E-state index contributed by atoms with van der Waals surface area (Å²) in [6, 6.07) is 0.224. The van der Waals surface area contributed by atoms with Gasteiger partial charge in [0.1, 0.15) is 0 Å². The number of amides is 1. The summed E-state index contributed by atoms with van der Waals surface area (Å²) in [5.41, 5.74) is 6.00. The van der Waals surface area contributed by atoms with Crippen molar-refractivity contribution in [3.8, 4) is 0 Å². The Balaban J connectivity index is 0.00000242. The molecule has 138 valence electrons. The van der Waals surface area contributed by atoms with Crippen molar-refractivity contribution in [3.05, 3.63) is 0 Å². The van der Waals surface area contributed by atoms with E-state index in [-0.39, 0.29) is 36.8 Å². The third-order valence-electron chi connectivity index (χ3n) is 4.61. The molecule has 1 aliphatic heterocycles. The minimum Gasteiger partial charge on any atom is -0.377 e. The van der Waals surface area contributed by atoms with Crippen LogP contribution in [-0.4, -0.2) is 67.2 Å². The normalized spacial score (nSPS) is 25.7. The summed E-state index contributed by atoms with van der Waals surface area (Å²) < 4.78 is 5.59. The van der Waals surface area contributed by atoms with Crippen molar-refractivity contribution in [2.24, 2.45) is 11.7 Å². The van der Waals surface area contributed by atoms with Crippen LogP contribution in [0.2, 0.25) is 0 Å². The van der Waals surface area contributed by atoms with E-state index in [9.17, 15) is 4.79 Å². The highest BCUT2D eigenvalue weighted by molar-refractivity contribution is 5.85. The fraction of sp³-hybridized carbons (Fsp3) is 0.938. The Kier molecular flexibility index (Phi) is 11.4. The molecule has 0 aromatic heterocycles. The Hall–Kier alpha value is -0.0700. The van der Waals surface area contributed by atoms with Gasteiger partial charge in [-0.15, -0.1) is 24.8 Å². The van der Waals surface area contributed by atoms with Gasteiger partial charge < -0.3 is 15.4 Å². The van der Waals surface area contributed by atoms with E-state index in [1.165, 1.54) is 0 Å². The quantitative estimate of drug-likeness (QED) is 0.803. The highest BCUT2D eigenvalue weighted by atomic mass is 35.5. The molecule has 0 aromatic rings. The zero-order valence-electron chi connectivity index (χ0n) is 14.4. The first-order chi connectivity index (χ1) is 10.1. The second-order valence-corrected chi connectivity index (χ2v) is 6.71. The smallest absolute Gasteiger partial charge is 0.225 e. The van der Waals surface area contributed by atoms with Gasteiger partial charge in [0.05, 0.1) is 12.7 Å². The minimum atomic E-state index is 0. The van der Waals surface area contributed by atoms with Gasteiger partial charge in [0.25, 0.3) is 0 Å². The van der Waals surface area contributed by atoms with Gasteiger partial charge in [0.2, 0.25) is 5.91 Å². The molecule has 2 aliphatic rings. The van der Waals surface area contributed by atoms with Gasteiger partial charge in [-0.2, -0.15) is 0 Å². The molecule has 5 nitrogen and oxygen atoms in total. The maximum Gasteiger partial charge on any atom is 0.225 e. The summed E-state index contributed by atoms with van der Waals surface area (Å²) in [6.45, 7) is 9.50. The second-order valence-electron chi connectivity index (χ2n) is 6.71. The Labute approximate surface area is 153 Å². The Morgan fingerprint density at radius 3 is 2.39 bits per heavy atom. The number of nitrogens with zero attached hydrogens (tertiary/aromatic N) is 2. The van der Waals surface area contributed by atoms with Gasteiger partial charge in [-0.05, 0) is 33.1 Å². The molecule has 2 fully saturated rings. The number of ether oxygens (including phenoxy) is 1. The van der Waals surface area contributed by atoms with Gasteiger partial charge in [-0.3, -0.25) is 9.69 Å². The predicted octanol–water partition coefficient (Wildman–Crippen LogP) is 1.92. The van der Waals surface area contributed by atoms with E-state index in [0.717, 1.165) is 65.0 Å². The fourth-order valence-corrected chi connectivity index (χ4v) is 3.32. The Morgan fingerprint density at radius 2 is 1.83 bits per heavy atom.